The number of nitrogens with zero attached hydrogens (tertiary/aromatic N) is 3. The number of aliphatic hydroxyl groups excluding tert-OH is 1. The first kappa shape index (κ1) is 12.7. The van der Waals surface area contributed by atoms with Gasteiger partial charge in [0.05, 0.1) is 3.79 Å². The lowest BCUT2D eigenvalue weighted by Gasteiger charge is -2.06. The standard InChI is InChI=1S/C11H12BrN3OS2/c12-9-3-7(5-17-9)6-18-11-14-13-10(4-16)15(11)8-1-2-8/h3,5,8,16H,1-2,4,6H2. The lowest BCUT2D eigenvalue weighted by atomic mass is 10.4. The number of aliphatic hydroxyl groups is 1. The molecule has 0 saturated heterocycles. The van der Waals surface area contributed by atoms with Gasteiger partial charge in [-0.25, -0.2) is 0 Å². The molecule has 1 aliphatic rings. The third kappa shape index (κ3) is 2.64. The molecule has 0 atom stereocenters. The van der Waals surface area contributed by atoms with E-state index in [0.29, 0.717) is 11.9 Å². The van der Waals surface area contributed by atoms with Gasteiger partial charge in [-0.1, -0.05) is 11.8 Å². The number of hydrogen-bond donors (Lipinski definition) is 1. The minimum Gasteiger partial charge on any atom is -0.388 e. The Morgan fingerprint density at radius 2 is 2.33 bits per heavy atom. The first-order valence-electron chi connectivity index (χ1n) is 5.68. The molecule has 1 fully saturated rings. The van der Waals surface area contributed by atoms with Gasteiger partial charge in [0.15, 0.2) is 11.0 Å². The predicted octanol–water partition coefficient (Wildman–Crippen LogP) is 3.22. The van der Waals surface area contributed by atoms with Crippen LogP contribution in [0.1, 0.15) is 30.3 Å². The summed E-state index contributed by atoms with van der Waals surface area (Å²) < 4.78 is 3.24. The van der Waals surface area contributed by atoms with Crippen molar-refractivity contribution in [3.8, 4) is 0 Å². The van der Waals surface area contributed by atoms with E-state index in [9.17, 15) is 5.11 Å². The molecule has 0 amide bonds. The van der Waals surface area contributed by atoms with E-state index in [1.807, 2.05) is 0 Å². The topological polar surface area (TPSA) is 50.9 Å². The van der Waals surface area contributed by atoms with Crippen molar-refractivity contribution < 1.29 is 5.11 Å². The summed E-state index contributed by atoms with van der Waals surface area (Å²) in [5.41, 5.74) is 1.28. The zero-order valence-corrected chi connectivity index (χ0v) is 12.8. The molecule has 0 spiro atoms. The first-order valence-corrected chi connectivity index (χ1v) is 8.34. The average Bonchev–Trinajstić information content (AvgIpc) is 2.99. The van der Waals surface area contributed by atoms with Crippen LogP contribution in [0.5, 0.6) is 0 Å². The van der Waals surface area contributed by atoms with Crippen molar-refractivity contribution in [1.82, 2.24) is 14.8 Å². The van der Waals surface area contributed by atoms with Crippen LogP contribution in [0, 0.1) is 0 Å². The Morgan fingerprint density at radius 1 is 1.50 bits per heavy atom. The lowest BCUT2D eigenvalue weighted by molar-refractivity contribution is 0.263. The molecule has 2 aromatic heterocycles. The fourth-order valence-electron chi connectivity index (χ4n) is 1.78. The summed E-state index contributed by atoms with van der Waals surface area (Å²) in [4.78, 5) is 0. The molecule has 2 aromatic rings. The molecule has 1 aliphatic carbocycles. The van der Waals surface area contributed by atoms with Crippen molar-refractivity contribution in [2.45, 2.75) is 36.4 Å². The Kier molecular flexibility index (Phi) is 3.74. The van der Waals surface area contributed by atoms with Crippen LogP contribution in [0.15, 0.2) is 20.4 Å². The number of thiophene rings is 1. The molecular weight excluding hydrogens is 334 g/mol. The fraction of sp³-hybridized carbons (Fsp3) is 0.455. The molecule has 0 aliphatic heterocycles. The van der Waals surface area contributed by atoms with Gasteiger partial charge < -0.3 is 9.67 Å². The van der Waals surface area contributed by atoms with Crippen molar-refractivity contribution in [3.05, 3.63) is 26.6 Å². The maximum atomic E-state index is 9.26. The highest BCUT2D eigenvalue weighted by molar-refractivity contribution is 9.11. The minimum absolute atomic E-state index is 0.0337. The second kappa shape index (κ2) is 5.32. The van der Waals surface area contributed by atoms with E-state index in [1.54, 1.807) is 23.1 Å². The molecule has 7 heteroatoms. The van der Waals surface area contributed by atoms with E-state index < -0.39 is 0 Å². The second-order valence-electron chi connectivity index (χ2n) is 4.21. The quantitative estimate of drug-likeness (QED) is 0.845. The summed E-state index contributed by atoms with van der Waals surface area (Å²) >= 11 is 6.84. The van der Waals surface area contributed by atoms with Crippen molar-refractivity contribution in [2.24, 2.45) is 0 Å². The van der Waals surface area contributed by atoms with E-state index >= 15 is 0 Å². The highest BCUT2D eigenvalue weighted by Gasteiger charge is 2.29. The van der Waals surface area contributed by atoms with Crippen LogP contribution >= 0.6 is 39.0 Å². The maximum absolute atomic E-state index is 9.26. The summed E-state index contributed by atoms with van der Waals surface area (Å²) in [6, 6.07) is 2.63. The minimum atomic E-state index is -0.0337. The Labute approximate surface area is 122 Å². The Balaban J connectivity index is 1.74. The van der Waals surface area contributed by atoms with E-state index in [-0.39, 0.29) is 6.61 Å². The third-order valence-corrected chi connectivity index (χ3v) is 5.35. The number of rotatable bonds is 5. The zero-order chi connectivity index (χ0) is 12.5. The van der Waals surface area contributed by atoms with Gasteiger partial charge in [0.1, 0.15) is 6.61 Å². The second-order valence-corrected chi connectivity index (χ2v) is 7.44. The summed E-state index contributed by atoms with van der Waals surface area (Å²) in [7, 11) is 0. The molecular formula is C11H12BrN3OS2. The highest BCUT2D eigenvalue weighted by atomic mass is 79.9. The van der Waals surface area contributed by atoms with E-state index in [0.717, 1.165) is 14.7 Å². The summed E-state index contributed by atoms with van der Waals surface area (Å²) in [6.07, 6.45) is 2.34. The van der Waals surface area contributed by atoms with Crippen LogP contribution in [0.3, 0.4) is 0 Å². The molecule has 0 aromatic carbocycles. The Morgan fingerprint density at radius 3 is 2.94 bits per heavy atom. The number of thioether (sulfide) groups is 1. The van der Waals surface area contributed by atoms with Crippen molar-refractivity contribution in [2.75, 3.05) is 0 Å². The summed E-state index contributed by atoms with van der Waals surface area (Å²) in [5.74, 6) is 1.57. The van der Waals surface area contributed by atoms with Gasteiger partial charge in [0, 0.05) is 11.8 Å². The van der Waals surface area contributed by atoms with Gasteiger partial charge in [0.25, 0.3) is 0 Å². The van der Waals surface area contributed by atoms with Crippen molar-refractivity contribution in [1.29, 1.82) is 0 Å². The van der Waals surface area contributed by atoms with Crippen LogP contribution in [0.4, 0.5) is 0 Å². The zero-order valence-electron chi connectivity index (χ0n) is 9.54. The first-order chi connectivity index (χ1) is 8.78. The normalized spacial score (nSPS) is 15.2. The van der Waals surface area contributed by atoms with Crippen LogP contribution in [-0.2, 0) is 12.4 Å². The molecule has 3 rings (SSSR count). The van der Waals surface area contributed by atoms with E-state index in [1.165, 1.54) is 18.4 Å². The maximum Gasteiger partial charge on any atom is 0.191 e. The van der Waals surface area contributed by atoms with Gasteiger partial charge in [-0.3, -0.25) is 0 Å². The number of aromatic nitrogens is 3. The molecule has 1 saturated carbocycles. The van der Waals surface area contributed by atoms with Gasteiger partial charge >= 0.3 is 0 Å². The summed E-state index contributed by atoms with van der Waals surface area (Å²) in [6.45, 7) is -0.0337. The smallest absolute Gasteiger partial charge is 0.191 e. The molecule has 18 heavy (non-hydrogen) atoms. The fourth-order valence-corrected chi connectivity index (χ4v) is 4.05. The molecule has 4 nitrogen and oxygen atoms in total. The van der Waals surface area contributed by atoms with Gasteiger partial charge in [0.2, 0.25) is 0 Å². The van der Waals surface area contributed by atoms with Crippen LogP contribution in [0.25, 0.3) is 0 Å². The van der Waals surface area contributed by atoms with Crippen molar-refractivity contribution >= 4 is 39.0 Å². The van der Waals surface area contributed by atoms with Crippen LogP contribution in [0.2, 0.25) is 0 Å². The van der Waals surface area contributed by atoms with Crippen LogP contribution < -0.4 is 0 Å². The third-order valence-electron chi connectivity index (χ3n) is 2.78. The van der Waals surface area contributed by atoms with Gasteiger partial charge in [-0.2, -0.15) is 0 Å². The molecule has 96 valence electrons. The monoisotopic (exact) mass is 345 g/mol. The molecule has 1 N–H and O–H groups in total. The highest BCUT2D eigenvalue weighted by Crippen LogP contribution is 2.39. The molecule has 0 unspecified atom stereocenters. The Hall–Kier alpha value is -0.370. The SMILES string of the molecule is OCc1nnc(SCc2csc(Br)c2)n1C1CC1. The largest absolute Gasteiger partial charge is 0.388 e. The number of halogens is 1. The summed E-state index contributed by atoms with van der Waals surface area (Å²) in [5, 5.41) is 20.5. The van der Waals surface area contributed by atoms with E-state index in [4.69, 9.17) is 0 Å². The number of hydrogen-bond acceptors (Lipinski definition) is 5. The van der Waals surface area contributed by atoms with Gasteiger partial charge in [-0.05, 0) is 45.8 Å². The van der Waals surface area contributed by atoms with Crippen LogP contribution in [-0.4, -0.2) is 19.9 Å². The molecule has 2 heterocycles. The average molecular weight is 346 g/mol. The molecule has 0 bridgehead atoms. The Bertz CT molecular complexity index is 550. The van der Waals surface area contributed by atoms with Gasteiger partial charge in [-0.15, -0.1) is 21.5 Å². The van der Waals surface area contributed by atoms with E-state index in [2.05, 4.69) is 42.1 Å². The molecule has 0 radical (unpaired) electrons. The lowest BCUT2D eigenvalue weighted by Crippen LogP contribution is -2.02. The van der Waals surface area contributed by atoms with Crippen molar-refractivity contribution in [3.63, 3.8) is 0 Å². The predicted molar refractivity (Wildman–Crippen MR) is 75.8 cm³/mol.